The van der Waals surface area contributed by atoms with Crippen molar-refractivity contribution in [2.45, 2.75) is 20.8 Å². The van der Waals surface area contributed by atoms with Crippen molar-refractivity contribution in [2.24, 2.45) is 0 Å². The summed E-state index contributed by atoms with van der Waals surface area (Å²) < 4.78 is 1.06. The fourth-order valence-corrected chi connectivity index (χ4v) is 1.78. The monoisotopic (exact) mass is 284 g/mol. The Morgan fingerprint density at radius 1 is 1.20 bits per heavy atom. The first-order valence-electron chi connectivity index (χ1n) is 4.78. The Hall–Kier alpha value is -0.530. The Morgan fingerprint density at radius 2 is 1.80 bits per heavy atom. The molecule has 0 aliphatic rings. The molecule has 0 N–H and O–H groups in total. The smallest absolute Gasteiger partial charge is 0.0440 e. The van der Waals surface area contributed by atoms with E-state index < -0.39 is 0 Å². The van der Waals surface area contributed by atoms with Crippen molar-refractivity contribution >= 4 is 33.6 Å². The first kappa shape index (κ1) is 12.5. The third-order valence-corrected chi connectivity index (χ3v) is 3.41. The summed E-state index contributed by atoms with van der Waals surface area (Å²) >= 11 is 9.71. The van der Waals surface area contributed by atoms with E-state index in [1.807, 2.05) is 37.3 Å². The summed E-state index contributed by atoms with van der Waals surface area (Å²) in [5, 5.41) is 0.793. The van der Waals surface area contributed by atoms with Gasteiger partial charge in [0.1, 0.15) is 0 Å². The van der Waals surface area contributed by atoms with Gasteiger partial charge in [-0.3, -0.25) is 0 Å². The van der Waals surface area contributed by atoms with Gasteiger partial charge < -0.3 is 0 Å². The van der Waals surface area contributed by atoms with Crippen LogP contribution in [0.5, 0.6) is 0 Å². The van der Waals surface area contributed by atoms with Gasteiger partial charge in [0.25, 0.3) is 0 Å². The number of benzene rings is 1. The fourth-order valence-electron chi connectivity index (χ4n) is 1.08. The molecule has 0 radical (unpaired) electrons. The molecule has 0 spiro atoms. The van der Waals surface area contributed by atoms with Crippen LogP contribution in [-0.4, -0.2) is 0 Å². The van der Waals surface area contributed by atoms with E-state index in [9.17, 15) is 0 Å². The molecule has 0 amide bonds. The first-order chi connectivity index (χ1) is 7.02. The lowest BCUT2D eigenvalue weighted by Crippen LogP contribution is -1.82. The molecule has 80 valence electrons. The third-order valence-electron chi connectivity index (χ3n) is 2.30. The fraction of sp³-hybridized carbons (Fsp3) is 0.231. The van der Waals surface area contributed by atoms with E-state index in [0.29, 0.717) is 0 Å². The molecule has 0 fully saturated rings. The maximum Gasteiger partial charge on any atom is 0.0440 e. The van der Waals surface area contributed by atoms with Crippen molar-refractivity contribution in [2.75, 3.05) is 0 Å². The zero-order valence-electron chi connectivity index (χ0n) is 9.14. The molecular formula is C13H14BrCl. The molecule has 15 heavy (non-hydrogen) atoms. The van der Waals surface area contributed by atoms with E-state index in [2.05, 4.69) is 29.8 Å². The quantitative estimate of drug-likeness (QED) is 0.640. The van der Waals surface area contributed by atoms with Crippen molar-refractivity contribution in [1.29, 1.82) is 0 Å². The number of rotatable bonds is 2. The molecule has 0 bridgehead atoms. The minimum absolute atomic E-state index is 0.793. The van der Waals surface area contributed by atoms with Gasteiger partial charge in [0.05, 0.1) is 0 Å². The summed E-state index contributed by atoms with van der Waals surface area (Å²) in [6.45, 7) is 6.15. The lowest BCUT2D eigenvalue weighted by molar-refractivity contribution is 1.28. The zero-order valence-corrected chi connectivity index (χ0v) is 11.5. The van der Waals surface area contributed by atoms with Crippen LogP contribution in [0.1, 0.15) is 26.3 Å². The van der Waals surface area contributed by atoms with Gasteiger partial charge in [-0.2, -0.15) is 0 Å². The lowest BCUT2D eigenvalue weighted by atomic mass is 10.1. The standard InChI is InChI=1S/C13H14BrCl/c1-9(2)10(3)13(15)8-11-6-4-5-7-12(11)14/h4-8H,1-3H3/b13-8+. The van der Waals surface area contributed by atoms with E-state index in [1.54, 1.807) is 0 Å². The topological polar surface area (TPSA) is 0 Å². The summed E-state index contributed by atoms with van der Waals surface area (Å²) in [7, 11) is 0. The van der Waals surface area contributed by atoms with Gasteiger partial charge in [-0.1, -0.05) is 51.3 Å². The molecule has 0 aliphatic heterocycles. The normalized spacial score (nSPS) is 11.4. The molecular weight excluding hydrogens is 272 g/mol. The van der Waals surface area contributed by atoms with Gasteiger partial charge in [-0.15, -0.1) is 0 Å². The van der Waals surface area contributed by atoms with Gasteiger partial charge in [-0.05, 0) is 44.1 Å². The Bertz CT molecular complexity index is 412. The maximum atomic E-state index is 6.22. The summed E-state index contributed by atoms with van der Waals surface area (Å²) in [6, 6.07) is 8.03. The minimum Gasteiger partial charge on any atom is -0.0840 e. The number of allylic oxidation sites excluding steroid dienone is 3. The SMILES string of the molecule is CC(C)=C(C)/C(Cl)=C\c1ccccc1Br. The van der Waals surface area contributed by atoms with Crippen LogP contribution in [0.4, 0.5) is 0 Å². The largest absolute Gasteiger partial charge is 0.0840 e. The number of halogens is 2. The lowest BCUT2D eigenvalue weighted by Gasteiger charge is -2.03. The van der Waals surface area contributed by atoms with Gasteiger partial charge in [0.15, 0.2) is 0 Å². The van der Waals surface area contributed by atoms with E-state index >= 15 is 0 Å². The summed E-state index contributed by atoms with van der Waals surface area (Å²) in [5.41, 5.74) is 3.47. The molecule has 0 saturated carbocycles. The molecule has 1 aromatic rings. The first-order valence-corrected chi connectivity index (χ1v) is 5.95. The second-order valence-electron chi connectivity index (χ2n) is 3.64. The highest BCUT2D eigenvalue weighted by molar-refractivity contribution is 9.10. The van der Waals surface area contributed by atoms with Crippen molar-refractivity contribution in [3.05, 3.63) is 50.5 Å². The predicted octanol–water partition coefficient (Wildman–Crippen LogP) is 5.39. The van der Waals surface area contributed by atoms with Crippen molar-refractivity contribution in [3.63, 3.8) is 0 Å². The minimum atomic E-state index is 0.793. The van der Waals surface area contributed by atoms with Crippen LogP contribution < -0.4 is 0 Å². The molecule has 1 aromatic carbocycles. The zero-order chi connectivity index (χ0) is 11.4. The van der Waals surface area contributed by atoms with Crippen LogP contribution in [0.3, 0.4) is 0 Å². The van der Waals surface area contributed by atoms with Crippen LogP contribution >= 0.6 is 27.5 Å². The summed E-state index contributed by atoms with van der Waals surface area (Å²) in [6.07, 6.45) is 1.98. The average molecular weight is 286 g/mol. The van der Waals surface area contributed by atoms with E-state index in [1.165, 1.54) is 5.57 Å². The molecule has 0 nitrogen and oxygen atoms in total. The van der Waals surface area contributed by atoms with Gasteiger partial charge in [-0.25, -0.2) is 0 Å². The highest BCUT2D eigenvalue weighted by Crippen LogP contribution is 2.24. The molecule has 0 unspecified atom stereocenters. The van der Waals surface area contributed by atoms with E-state index in [0.717, 1.165) is 20.6 Å². The van der Waals surface area contributed by atoms with Gasteiger partial charge >= 0.3 is 0 Å². The Kier molecular flexibility index (Phi) is 4.62. The van der Waals surface area contributed by atoms with Crippen LogP contribution in [0, 0.1) is 0 Å². The molecule has 0 aliphatic carbocycles. The Morgan fingerprint density at radius 3 is 2.33 bits per heavy atom. The van der Waals surface area contributed by atoms with Crippen LogP contribution in [0.15, 0.2) is 44.9 Å². The van der Waals surface area contributed by atoms with E-state index in [-0.39, 0.29) is 0 Å². The maximum absolute atomic E-state index is 6.22. The van der Waals surface area contributed by atoms with E-state index in [4.69, 9.17) is 11.6 Å². The Labute approximate surface area is 105 Å². The summed E-state index contributed by atoms with van der Waals surface area (Å²) in [5.74, 6) is 0. The molecule has 0 saturated heterocycles. The van der Waals surface area contributed by atoms with Crippen molar-refractivity contribution in [3.8, 4) is 0 Å². The predicted molar refractivity (Wildman–Crippen MR) is 72.0 cm³/mol. The number of hydrogen-bond donors (Lipinski definition) is 0. The summed E-state index contributed by atoms with van der Waals surface area (Å²) in [4.78, 5) is 0. The highest BCUT2D eigenvalue weighted by atomic mass is 79.9. The van der Waals surface area contributed by atoms with Crippen molar-refractivity contribution in [1.82, 2.24) is 0 Å². The highest BCUT2D eigenvalue weighted by Gasteiger charge is 2.00. The molecule has 1 rings (SSSR count). The molecule has 0 heterocycles. The molecule has 0 atom stereocenters. The molecule has 2 heteroatoms. The van der Waals surface area contributed by atoms with Crippen LogP contribution in [-0.2, 0) is 0 Å². The number of hydrogen-bond acceptors (Lipinski definition) is 0. The third kappa shape index (κ3) is 3.51. The second kappa shape index (κ2) is 5.53. The molecule has 0 aromatic heterocycles. The van der Waals surface area contributed by atoms with Crippen molar-refractivity contribution < 1.29 is 0 Å². The Balaban J connectivity index is 3.09. The van der Waals surface area contributed by atoms with Gasteiger partial charge in [0.2, 0.25) is 0 Å². The second-order valence-corrected chi connectivity index (χ2v) is 4.90. The van der Waals surface area contributed by atoms with Gasteiger partial charge in [0, 0.05) is 9.51 Å². The van der Waals surface area contributed by atoms with Crippen LogP contribution in [0.2, 0.25) is 0 Å². The van der Waals surface area contributed by atoms with Crippen LogP contribution in [0.25, 0.3) is 6.08 Å². The average Bonchev–Trinajstić information content (AvgIpc) is 2.20.